The summed E-state index contributed by atoms with van der Waals surface area (Å²) in [6, 6.07) is 50.1. The Morgan fingerprint density at radius 2 is 1.12 bits per heavy atom. The van der Waals surface area contributed by atoms with Crippen molar-refractivity contribution in [2.24, 2.45) is 0 Å². The van der Waals surface area contributed by atoms with Crippen LogP contribution in [0.3, 0.4) is 0 Å². The van der Waals surface area contributed by atoms with Gasteiger partial charge < -0.3 is 10.3 Å². The Morgan fingerprint density at radius 1 is 0.512 bits per heavy atom. The summed E-state index contributed by atoms with van der Waals surface area (Å²) in [5.41, 5.74) is 19.1. The molecular formula is C39H32N2. The van der Waals surface area contributed by atoms with Gasteiger partial charge in [0, 0.05) is 27.7 Å². The van der Waals surface area contributed by atoms with E-state index in [1.54, 1.807) is 0 Å². The highest BCUT2D eigenvalue weighted by atomic mass is 15.0. The van der Waals surface area contributed by atoms with Gasteiger partial charge >= 0.3 is 0 Å². The Labute approximate surface area is 241 Å². The Hall–Kier alpha value is -5.08. The van der Waals surface area contributed by atoms with Crippen molar-refractivity contribution in [3.8, 4) is 39.1 Å². The van der Waals surface area contributed by atoms with E-state index in [4.69, 9.17) is 5.73 Å². The van der Waals surface area contributed by atoms with E-state index in [2.05, 4.69) is 133 Å². The average molecular weight is 529 g/mol. The lowest BCUT2D eigenvalue weighted by Crippen LogP contribution is -1.94. The minimum absolute atomic E-state index is 0.795. The number of aryl methyl sites for hydroxylation is 1. The van der Waals surface area contributed by atoms with Crippen molar-refractivity contribution in [1.82, 2.24) is 4.57 Å². The molecule has 0 aliphatic heterocycles. The van der Waals surface area contributed by atoms with Crippen LogP contribution in [-0.4, -0.2) is 4.57 Å². The normalized spacial score (nSPS) is 11.3. The highest BCUT2D eigenvalue weighted by molar-refractivity contribution is 6.10. The smallest absolute Gasteiger partial charge is 0.0541 e. The van der Waals surface area contributed by atoms with Crippen LogP contribution in [0.1, 0.15) is 18.9 Å². The Kier molecular flexibility index (Phi) is 6.37. The molecule has 0 radical (unpaired) electrons. The van der Waals surface area contributed by atoms with Crippen LogP contribution in [0.4, 0.5) is 5.69 Å². The molecule has 7 aromatic rings. The summed E-state index contributed by atoms with van der Waals surface area (Å²) >= 11 is 0. The molecule has 1 aromatic heterocycles. The van der Waals surface area contributed by atoms with E-state index in [-0.39, 0.29) is 0 Å². The van der Waals surface area contributed by atoms with Crippen molar-refractivity contribution >= 4 is 27.5 Å². The SMILES string of the molecule is CCCc1ccc2c(c1)c1cc(-c3ccccc3)ccc1n2-c1ccc(-c2cccc(-c3ccccc3N)c2)cc1. The molecule has 198 valence electrons. The molecule has 0 amide bonds. The van der Waals surface area contributed by atoms with Crippen LogP contribution in [0.5, 0.6) is 0 Å². The molecule has 0 aliphatic carbocycles. The first-order chi connectivity index (χ1) is 20.2. The van der Waals surface area contributed by atoms with Crippen molar-refractivity contribution in [2.75, 3.05) is 5.73 Å². The molecule has 0 unspecified atom stereocenters. The fraction of sp³-hybridized carbons (Fsp3) is 0.0769. The fourth-order valence-electron chi connectivity index (χ4n) is 6.03. The van der Waals surface area contributed by atoms with Gasteiger partial charge in [-0.25, -0.2) is 0 Å². The zero-order valence-corrected chi connectivity index (χ0v) is 23.2. The molecule has 2 heteroatoms. The van der Waals surface area contributed by atoms with Gasteiger partial charge in [-0.3, -0.25) is 0 Å². The number of hydrogen-bond acceptors (Lipinski definition) is 1. The summed E-state index contributed by atoms with van der Waals surface area (Å²) in [7, 11) is 0. The second-order valence-electron chi connectivity index (χ2n) is 10.7. The number of fused-ring (bicyclic) bond motifs is 3. The molecule has 41 heavy (non-hydrogen) atoms. The first-order valence-corrected chi connectivity index (χ1v) is 14.4. The van der Waals surface area contributed by atoms with Gasteiger partial charge in [0.2, 0.25) is 0 Å². The number of benzene rings is 6. The minimum Gasteiger partial charge on any atom is -0.398 e. The van der Waals surface area contributed by atoms with Gasteiger partial charge in [0.25, 0.3) is 0 Å². The van der Waals surface area contributed by atoms with Crippen molar-refractivity contribution in [3.63, 3.8) is 0 Å². The fourth-order valence-corrected chi connectivity index (χ4v) is 6.03. The first kappa shape index (κ1) is 24.9. The average Bonchev–Trinajstić information content (AvgIpc) is 3.35. The van der Waals surface area contributed by atoms with Gasteiger partial charge in [-0.15, -0.1) is 0 Å². The quantitative estimate of drug-likeness (QED) is 0.214. The van der Waals surface area contributed by atoms with Gasteiger partial charge in [0.1, 0.15) is 0 Å². The van der Waals surface area contributed by atoms with E-state index in [1.807, 2.05) is 18.2 Å². The molecule has 0 saturated carbocycles. The lowest BCUT2D eigenvalue weighted by molar-refractivity contribution is 0.923. The Bertz CT molecular complexity index is 2000. The minimum atomic E-state index is 0.795. The summed E-state index contributed by atoms with van der Waals surface area (Å²) in [5.74, 6) is 0. The highest BCUT2D eigenvalue weighted by Crippen LogP contribution is 2.36. The molecule has 7 rings (SSSR count). The molecule has 0 aliphatic rings. The number of aromatic nitrogens is 1. The van der Waals surface area contributed by atoms with E-state index < -0.39 is 0 Å². The molecule has 0 atom stereocenters. The Balaban J connectivity index is 1.34. The van der Waals surface area contributed by atoms with Crippen LogP contribution in [0.2, 0.25) is 0 Å². The van der Waals surface area contributed by atoms with Gasteiger partial charge in [0.15, 0.2) is 0 Å². The predicted molar refractivity (Wildman–Crippen MR) is 175 cm³/mol. The van der Waals surface area contributed by atoms with Crippen LogP contribution in [-0.2, 0) is 6.42 Å². The molecule has 0 fully saturated rings. The van der Waals surface area contributed by atoms with E-state index in [1.165, 1.54) is 49.6 Å². The second-order valence-corrected chi connectivity index (χ2v) is 10.7. The molecule has 0 bridgehead atoms. The number of anilines is 1. The van der Waals surface area contributed by atoms with Gasteiger partial charge in [-0.1, -0.05) is 104 Å². The summed E-state index contributed by atoms with van der Waals surface area (Å²) in [4.78, 5) is 0. The van der Waals surface area contributed by atoms with E-state index in [0.717, 1.165) is 35.3 Å². The maximum atomic E-state index is 6.27. The highest BCUT2D eigenvalue weighted by Gasteiger charge is 2.14. The topological polar surface area (TPSA) is 30.9 Å². The van der Waals surface area contributed by atoms with E-state index >= 15 is 0 Å². The van der Waals surface area contributed by atoms with Gasteiger partial charge in [-0.2, -0.15) is 0 Å². The largest absolute Gasteiger partial charge is 0.398 e. The van der Waals surface area contributed by atoms with Crippen LogP contribution in [0.25, 0.3) is 60.9 Å². The van der Waals surface area contributed by atoms with Crippen molar-refractivity contribution in [2.45, 2.75) is 19.8 Å². The Morgan fingerprint density at radius 3 is 1.90 bits per heavy atom. The van der Waals surface area contributed by atoms with Crippen molar-refractivity contribution in [1.29, 1.82) is 0 Å². The zero-order valence-electron chi connectivity index (χ0n) is 23.2. The number of rotatable bonds is 6. The maximum absolute atomic E-state index is 6.27. The van der Waals surface area contributed by atoms with Crippen LogP contribution in [0, 0.1) is 0 Å². The van der Waals surface area contributed by atoms with Gasteiger partial charge in [0.05, 0.1) is 11.0 Å². The van der Waals surface area contributed by atoms with Crippen molar-refractivity contribution in [3.05, 3.63) is 145 Å². The molecule has 6 aromatic carbocycles. The summed E-state index contributed by atoms with van der Waals surface area (Å²) in [6.45, 7) is 2.24. The third-order valence-corrected chi connectivity index (χ3v) is 8.07. The number of nitrogen functional groups attached to an aromatic ring is 1. The molecule has 2 nitrogen and oxygen atoms in total. The first-order valence-electron chi connectivity index (χ1n) is 14.4. The number of nitrogens with two attached hydrogens (primary N) is 1. The lowest BCUT2D eigenvalue weighted by Gasteiger charge is -2.11. The monoisotopic (exact) mass is 528 g/mol. The number of hydrogen-bond donors (Lipinski definition) is 1. The number of nitrogens with zero attached hydrogens (tertiary/aromatic N) is 1. The summed E-state index contributed by atoms with van der Waals surface area (Å²) < 4.78 is 2.40. The lowest BCUT2D eigenvalue weighted by atomic mass is 9.98. The third-order valence-electron chi connectivity index (χ3n) is 8.07. The standard InChI is InChI=1S/C39H32N2/c1-2-9-27-16-22-38-35(24-27)36-26-31(28-10-4-3-5-11-28)19-23-39(36)41(38)33-20-17-29(18-21-33)30-12-8-13-32(25-30)34-14-6-7-15-37(34)40/h3-8,10-26H,2,9,40H2,1H3. The molecule has 2 N–H and O–H groups in total. The third kappa shape index (κ3) is 4.58. The van der Waals surface area contributed by atoms with Gasteiger partial charge in [-0.05, 0) is 88.3 Å². The maximum Gasteiger partial charge on any atom is 0.0541 e. The molecule has 0 spiro atoms. The van der Waals surface area contributed by atoms with E-state index in [9.17, 15) is 0 Å². The van der Waals surface area contributed by atoms with E-state index in [0.29, 0.717) is 0 Å². The molecule has 0 saturated heterocycles. The van der Waals surface area contributed by atoms with Crippen LogP contribution >= 0.6 is 0 Å². The predicted octanol–water partition coefficient (Wildman–Crippen LogP) is 10.3. The summed E-state index contributed by atoms with van der Waals surface area (Å²) in [5, 5.41) is 2.59. The number of para-hydroxylation sites is 1. The molecule has 1 heterocycles. The van der Waals surface area contributed by atoms with Crippen LogP contribution in [0.15, 0.2) is 140 Å². The zero-order chi connectivity index (χ0) is 27.8. The van der Waals surface area contributed by atoms with Crippen LogP contribution < -0.4 is 5.73 Å². The second kappa shape index (κ2) is 10.5. The van der Waals surface area contributed by atoms with Crippen molar-refractivity contribution < 1.29 is 0 Å². The molecular weight excluding hydrogens is 496 g/mol. The summed E-state index contributed by atoms with van der Waals surface area (Å²) in [6.07, 6.45) is 2.22.